The van der Waals surface area contributed by atoms with Gasteiger partial charge >= 0.3 is 0 Å². The largest absolute Gasteiger partial charge is 0.446 e. The molecule has 0 bridgehead atoms. The molecule has 0 aliphatic rings. The zero-order valence-corrected chi connectivity index (χ0v) is 7.10. The molecule has 1 aromatic rings. The predicted octanol–water partition coefficient (Wildman–Crippen LogP) is 1.71. The van der Waals surface area contributed by atoms with Crippen LogP contribution in [0.1, 0.15) is 22.1 Å². The van der Waals surface area contributed by atoms with E-state index in [4.69, 9.17) is 16.0 Å². The van der Waals surface area contributed by atoms with E-state index in [1.165, 1.54) is 0 Å². The van der Waals surface area contributed by atoms with Gasteiger partial charge in [0.05, 0.1) is 5.88 Å². The van der Waals surface area contributed by atoms with Crippen LogP contribution < -0.4 is 0 Å². The lowest BCUT2D eigenvalue weighted by atomic mass is 10.3. The van der Waals surface area contributed by atoms with E-state index in [9.17, 15) is 4.79 Å². The number of rotatable bonds is 2. The molecule has 4 heteroatoms. The van der Waals surface area contributed by atoms with Gasteiger partial charge in [-0.05, 0) is 6.92 Å². The maximum Gasteiger partial charge on any atom is 0.199 e. The van der Waals surface area contributed by atoms with Crippen molar-refractivity contribution < 1.29 is 9.21 Å². The quantitative estimate of drug-likeness (QED) is 0.505. The van der Waals surface area contributed by atoms with Crippen LogP contribution in [0.3, 0.4) is 0 Å². The second-order valence-electron chi connectivity index (χ2n) is 2.19. The first-order valence-corrected chi connectivity index (χ1v) is 3.71. The molecule has 0 N–H and O–H groups in total. The molecule has 0 saturated heterocycles. The van der Waals surface area contributed by atoms with Crippen molar-refractivity contribution in [3.05, 3.63) is 17.3 Å². The number of hydrogen-bond donors (Lipinski definition) is 0. The summed E-state index contributed by atoms with van der Waals surface area (Å²) in [6, 6.07) is 0. The number of aryl methyl sites for hydroxylation is 2. The number of hydrogen-bond acceptors (Lipinski definition) is 3. The van der Waals surface area contributed by atoms with Crippen molar-refractivity contribution in [2.24, 2.45) is 0 Å². The van der Waals surface area contributed by atoms with Gasteiger partial charge in [-0.15, -0.1) is 11.6 Å². The smallest absolute Gasteiger partial charge is 0.199 e. The molecular weight excluding hydrogens is 166 g/mol. The molecule has 1 heterocycles. The fraction of sp³-hybridized carbons (Fsp3) is 0.429. The van der Waals surface area contributed by atoms with Crippen LogP contribution in [0, 0.1) is 13.8 Å². The molecule has 1 rings (SSSR count). The third kappa shape index (κ3) is 1.60. The topological polar surface area (TPSA) is 43.1 Å². The van der Waals surface area contributed by atoms with Gasteiger partial charge in [0.15, 0.2) is 11.7 Å². The monoisotopic (exact) mass is 173 g/mol. The Balaban J connectivity index is 3.03. The lowest BCUT2D eigenvalue weighted by molar-refractivity contribution is 0.101. The van der Waals surface area contributed by atoms with Gasteiger partial charge in [-0.3, -0.25) is 4.79 Å². The van der Waals surface area contributed by atoms with Crippen molar-refractivity contribution in [1.29, 1.82) is 0 Å². The van der Waals surface area contributed by atoms with Gasteiger partial charge in [-0.2, -0.15) is 0 Å². The molecule has 0 unspecified atom stereocenters. The first kappa shape index (κ1) is 8.27. The van der Waals surface area contributed by atoms with E-state index >= 15 is 0 Å². The van der Waals surface area contributed by atoms with Crippen molar-refractivity contribution in [2.45, 2.75) is 13.8 Å². The Morgan fingerprint density at radius 3 is 2.64 bits per heavy atom. The molecule has 60 valence electrons. The Labute approximate surface area is 69.4 Å². The van der Waals surface area contributed by atoms with Gasteiger partial charge < -0.3 is 4.42 Å². The van der Waals surface area contributed by atoms with E-state index in [1.807, 2.05) is 0 Å². The second kappa shape index (κ2) is 3.05. The van der Waals surface area contributed by atoms with E-state index in [0.717, 1.165) is 0 Å². The maximum atomic E-state index is 11.0. The zero-order chi connectivity index (χ0) is 8.43. The van der Waals surface area contributed by atoms with Gasteiger partial charge in [0.1, 0.15) is 11.5 Å². The number of aromatic nitrogens is 1. The molecule has 0 aliphatic heterocycles. The Kier molecular flexibility index (Phi) is 2.29. The summed E-state index contributed by atoms with van der Waals surface area (Å²) in [5.74, 6) is 0.789. The Morgan fingerprint density at radius 2 is 2.27 bits per heavy atom. The average molecular weight is 174 g/mol. The van der Waals surface area contributed by atoms with Crippen molar-refractivity contribution in [1.82, 2.24) is 4.98 Å². The molecule has 0 atom stereocenters. The maximum absolute atomic E-state index is 11.0. The van der Waals surface area contributed by atoms with Crippen LogP contribution in [0.5, 0.6) is 0 Å². The molecule has 1 aromatic heterocycles. The molecule has 0 spiro atoms. The highest BCUT2D eigenvalue weighted by atomic mass is 35.5. The summed E-state index contributed by atoms with van der Waals surface area (Å²) in [7, 11) is 0. The number of nitrogens with zero attached hydrogens (tertiary/aromatic N) is 1. The third-order valence-corrected chi connectivity index (χ3v) is 1.53. The first-order valence-electron chi connectivity index (χ1n) is 3.18. The summed E-state index contributed by atoms with van der Waals surface area (Å²) in [6.45, 7) is 3.39. The number of halogens is 1. The van der Waals surface area contributed by atoms with E-state index < -0.39 is 0 Å². The van der Waals surface area contributed by atoms with Crippen LogP contribution in [-0.4, -0.2) is 16.6 Å². The van der Waals surface area contributed by atoms with Crippen molar-refractivity contribution in [3.63, 3.8) is 0 Å². The summed E-state index contributed by atoms with van der Waals surface area (Å²) in [4.78, 5) is 14.9. The Bertz CT molecular complexity index is 280. The van der Waals surface area contributed by atoms with Crippen LogP contribution in [0.15, 0.2) is 4.42 Å². The molecule has 0 amide bonds. The molecular formula is C7H8ClNO2. The van der Waals surface area contributed by atoms with E-state index in [2.05, 4.69) is 4.98 Å². The molecule has 3 nitrogen and oxygen atoms in total. The summed E-state index contributed by atoms with van der Waals surface area (Å²) in [5, 5.41) is 0. The fourth-order valence-electron chi connectivity index (χ4n) is 0.851. The minimum Gasteiger partial charge on any atom is -0.446 e. The Hall–Kier alpha value is -0.830. The van der Waals surface area contributed by atoms with Gasteiger partial charge in [-0.25, -0.2) is 4.98 Å². The number of alkyl halides is 1. The minimum atomic E-state index is -0.194. The Morgan fingerprint density at radius 1 is 1.64 bits per heavy atom. The summed E-state index contributed by atoms with van der Waals surface area (Å²) < 4.78 is 5.05. The SMILES string of the molecule is Cc1nc(C(=O)CCl)c(C)o1. The average Bonchev–Trinajstić information content (AvgIpc) is 2.28. The molecule has 0 aromatic carbocycles. The molecule has 0 fully saturated rings. The number of ketones is 1. The van der Waals surface area contributed by atoms with E-state index in [0.29, 0.717) is 17.3 Å². The fourth-order valence-corrected chi connectivity index (χ4v) is 0.977. The van der Waals surface area contributed by atoms with Crippen molar-refractivity contribution in [3.8, 4) is 0 Å². The number of carbonyl (C=O) groups is 1. The van der Waals surface area contributed by atoms with Crippen LogP contribution in [-0.2, 0) is 0 Å². The lowest BCUT2D eigenvalue weighted by Crippen LogP contribution is -2.02. The van der Waals surface area contributed by atoms with Crippen LogP contribution in [0.2, 0.25) is 0 Å². The third-order valence-electron chi connectivity index (χ3n) is 1.29. The standard InChI is InChI=1S/C7H8ClNO2/c1-4-7(6(10)3-8)9-5(2)11-4/h3H2,1-2H3. The van der Waals surface area contributed by atoms with Crippen molar-refractivity contribution in [2.75, 3.05) is 5.88 Å². The lowest BCUT2D eigenvalue weighted by Gasteiger charge is -1.87. The minimum absolute atomic E-state index is 0.0488. The summed E-state index contributed by atoms with van der Waals surface area (Å²) in [6.07, 6.45) is 0. The van der Waals surface area contributed by atoms with E-state index in [1.54, 1.807) is 13.8 Å². The van der Waals surface area contributed by atoms with E-state index in [-0.39, 0.29) is 11.7 Å². The molecule has 0 aliphatic carbocycles. The predicted molar refractivity (Wildman–Crippen MR) is 41.0 cm³/mol. The van der Waals surface area contributed by atoms with Crippen molar-refractivity contribution >= 4 is 17.4 Å². The molecule has 0 radical (unpaired) electrons. The van der Waals surface area contributed by atoms with Crippen LogP contribution in [0.4, 0.5) is 0 Å². The summed E-state index contributed by atoms with van der Waals surface area (Å²) >= 11 is 5.34. The number of oxazole rings is 1. The zero-order valence-electron chi connectivity index (χ0n) is 6.35. The van der Waals surface area contributed by atoms with Gasteiger partial charge in [0.2, 0.25) is 0 Å². The summed E-state index contributed by atoms with van der Waals surface area (Å²) in [5.41, 5.74) is 0.345. The highest BCUT2D eigenvalue weighted by Crippen LogP contribution is 2.09. The second-order valence-corrected chi connectivity index (χ2v) is 2.46. The van der Waals surface area contributed by atoms with Crippen LogP contribution in [0.25, 0.3) is 0 Å². The first-order chi connectivity index (χ1) is 5.15. The van der Waals surface area contributed by atoms with Gasteiger partial charge in [0.25, 0.3) is 0 Å². The van der Waals surface area contributed by atoms with Gasteiger partial charge in [-0.1, -0.05) is 0 Å². The highest BCUT2D eigenvalue weighted by Gasteiger charge is 2.13. The molecule has 11 heavy (non-hydrogen) atoms. The number of carbonyl (C=O) groups excluding carboxylic acids is 1. The van der Waals surface area contributed by atoms with Crippen LogP contribution >= 0.6 is 11.6 Å². The highest BCUT2D eigenvalue weighted by molar-refractivity contribution is 6.30. The normalized spacial score (nSPS) is 10.1. The van der Waals surface area contributed by atoms with Gasteiger partial charge in [0, 0.05) is 6.92 Å². The number of Topliss-reactive ketones (excluding diaryl/α,β-unsaturated/α-hetero) is 1. The molecule has 0 saturated carbocycles.